The summed E-state index contributed by atoms with van der Waals surface area (Å²) in [6, 6.07) is 11.9. The Kier molecular flexibility index (Phi) is 3.51. The molecular formula is C21H24N4. The quantitative estimate of drug-likeness (QED) is 0.742. The van der Waals surface area contributed by atoms with Gasteiger partial charge < -0.3 is 9.88 Å². The monoisotopic (exact) mass is 332 g/mol. The van der Waals surface area contributed by atoms with Crippen LogP contribution < -0.4 is 5.32 Å². The first-order valence-corrected chi connectivity index (χ1v) is 9.45. The highest BCUT2D eigenvalue weighted by Crippen LogP contribution is 2.38. The number of hydrogen-bond donors (Lipinski definition) is 1. The molecular weight excluding hydrogens is 308 g/mol. The van der Waals surface area contributed by atoms with Crippen LogP contribution in [0, 0.1) is 5.92 Å². The van der Waals surface area contributed by atoms with Crippen LogP contribution in [0.1, 0.15) is 55.8 Å². The summed E-state index contributed by atoms with van der Waals surface area (Å²) in [7, 11) is 0. The fraction of sp³-hybridized carbons (Fsp3) is 0.429. The smallest absolute Gasteiger partial charge is 0.145 e. The van der Waals surface area contributed by atoms with Gasteiger partial charge in [0.15, 0.2) is 0 Å². The molecule has 2 aliphatic carbocycles. The van der Waals surface area contributed by atoms with Gasteiger partial charge in [-0.25, -0.2) is 9.97 Å². The normalized spacial score (nSPS) is 25.4. The highest BCUT2D eigenvalue weighted by molar-refractivity contribution is 5.87. The van der Waals surface area contributed by atoms with Crippen LogP contribution >= 0.6 is 0 Å². The average molecular weight is 332 g/mol. The van der Waals surface area contributed by atoms with Crippen molar-refractivity contribution in [1.29, 1.82) is 0 Å². The second-order valence-electron chi connectivity index (χ2n) is 7.69. The molecule has 0 saturated heterocycles. The topological polar surface area (TPSA) is 42.7 Å². The molecule has 3 aromatic rings. The molecule has 1 aromatic carbocycles. The summed E-state index contributed by atoms with van der Waals surface area (Å²) in [6.07, 6.45) is 10.0. The first-order valence-electron chi connectivity index (χ1n) is 9.45. The molecule has 0 aliphatic heterocycles. The van der Waals surface area contributed by atoms with Crippen molar-refractivity contribution in [2.24, 2.45) is 5.92 Å². The minimum absolute atomic E-state index is 0.351. The lowest BCUT2D eigenvalue weighted by atomic mass is 10.1. The average Bonchev–Trinajstić information content (AvgIpc) is 3.34. The zero-order valence-corrected chi connectivity index (χ0v) is 14.7. The number of anilines is 1. The number of rotatable bonds is 3. The molecule has 0 spiro atoms. The third-order valence-electron chi connectivity index (χ3n) is 6.01. The van der Waals surface area contributed by atoms with Crippen molar-refractivity contribution in [3.05, 3.63) is 54.0 Å². The van der Waals surface area contributed by atoms with Crippen LogP contribution in [-0.2, 0) is 6.42 Å². The van der Waals surface area contributed by atoms with E-state index < -0.39 is 0 Å². The Morgan fingerprint density at radius 3 is 2.88 bits per heavy atom. The van der Waals surface area contributed by atoms with Crippen LogP contribution in [0.4, 0.5) is 5.82 Å². The van der Waals surface area contributed by atoms with Crippen molar-refractivity contribution in [3.8, 4) is 0 Å². The van der Waals surface area contributed by atoms with Gasteiger partial charge in [-0.1, -0.05) is 31.2 Å². The van der Waals surface area contributed by atoms with E-state index in [1.807, 2.05) is 0 Å². The number of aromatic nitrogens is 3. The number of aryl methyl sites for hydroxylation is 1. The third-order valence-corrected chi connectivity index (χ3v) is 6.01. The lowest BCUT2D eigenvalue weighted by molar-refractivity contribution is 0.504. The van der Waals surface area contributed by atoms with E-state index in [4.69, 9.17) is 0 Å². The van der Waals surface area contributed by atoms with Gasteiger partial charge in [0.1, 0.15) is 17.8 Å². The summed E-state index contributed by atoms with van der Waals surface area (Å²) >= 11 is 0. The first-order chi connectivity index (χ1) is 12.3. The van der Waals surface area contributed by atoms with E-state index in [9.17, 15) is 0 Å². The lowest BCUT2D eigenvalue weighted by Crippen LogP contribution is -2.10. The molecule has 25 heavy (non-hydrogen) atoms. The molecule has 1 fully saturated rings. The van der Waals surface area contributed by atoms with Crippen LogP contribution in [0.3, 0.4) is 0 Å². The molecule has 3 atom stereocenters. The molecule has 1 saturated carbocycles. The molecule has 4 nitrogen and oxygen atoms in total. The van der Waals surface area contributed by atoms with E-state index in [0.29, 0.717) is 12.1 Å². The van der Waals surface area contributed by atoms with Gasteiger partial charge in [-0.05, 0) is 55.2 Å². The first kappa shape index (κ1) is 14.9. The Morgan fingerprint density at radius 2 is 2.00 bits per heavy atom. The highest BCUT2D eigenvalue weighted by Gasteiger charge is 2.26. The maximum absolute atomic E-state index is 4.60. The Bertz CT molecular complexity index is 913. The van der Waals surface area contributed by atoms with Gasteiger partial charge in [-0.15, -0.1) is 0 Å². The number of benzene rings is 1. The second kappa shape index (κ2) is 5.87. The summed E-state index contributed by atoms with van der Waals surface area (Å²) in [6.45, 7) is 2.35. The zero-order chi connectivity index (χ0) is 16.8. The molecule has 2 aromatic heterocycles. The maximum Gasteiger partial charge on any atom is 0.145 e. The lowest BCUT2D eigenvalue weighted by Gasteiger charge is -2.16. The summed E-state index contributed by atoms with van der Waals surface area (Å²) in [5.41, 5.74) is 3.95. The van der Waals surface area contributed by atoms with Gasteiger partial charge in [0.25, 0.3) is 0 Å². The van der Waals surface area contributed by atoms with Gasteiger partial charge in [0.2, 0.25) is 0 Å². The minimum Gasteiger partial charge on any atom is -0.363 e. The fourth-order valence-corrected chi connectivity index (χ4v) is 4.68. The van der Waals surface area contributed by atoms with Crippen molar-refractivity contribution in [1.82, 2.24) is 14.5 Å². The maximum atomic E-state index is 4.60. The number of fused-ring (bicyclic) bond motifs is 2. The van der Waals surface area contributed by atoms with Crippen LogP contribution in [-0.4, -0.2) is 14.5 Å². The molecule has 1 N–H and O–H groups in total. The van der Waals surface area contributed by atoms with Crippen molar-refractivity contribution >= 4 is 16.9 Å². The zero-order valence-electron chi connectivity index (χ0n) is 14.7. The van der Waals surface area contributed by atoms with Gasteiger partial charge in [-0.2, -0.15) is 0 Å². The largest absolute Gasteiger partial charge is 0.363 e. The third kappa shape index (κ3) is 2.51. The molecule has 2 aliphatic rings. The van der Waals surface area contributed by atoms with Gasteiger partial charge in [-0.3, -0.25) is 0 Å². The summed E-state index contributed by atoms with van der Waals surface area (Å²) in [5, 5.41) is 4.83. The van der Waals surface area contributed by atoms with E-state index >= 15 is 0 Å². The molecule has 128 valence electrons. The molecule has 5 rings (SSSR count). The Hall–Kier alpha value is -2.36. The summed E-state index contributed by atoms with van der Waals surface area (Å²) in [4.78, 5) is 9.16. The molecule has 2 heterocycles. The van der Waals surface area contributed by atoms with E-state index in [-0.39, 0.29) is 0 Å². The minimum atomic E-state index is 0.351. The molecule has 0 radical (unpaired) electrons. The van der Waals surface area contributed by atoms with Gasteiger partial charge >= 0.3 is 0 Å². The van der Waals surface area contributed by atoms with E-state index in [1.165, 1.54) is 30.4 Å². The van der Waals surface area contributed by atoms with Crippen LogP contribution in [0.5, 0.6) is 0 Å². The Labute approximate surface area is 148 Å². The van der Waals surface area contributed by atoms with Crippen molar-refractivity contribution in [2.45, 2.75) is 51.1 Å². The van der Waals surface area contributed by atoms with E-state index in [0.717, 1.165) is 35.6 Å². The SMILES string of the molecule is C[C@H]1CC[C@H](n2ccc3c(N[C@H]4CCc5ccccc54)ncnc32)C1. The fourth-order valence-electron chi connectivity index (χ4n) is 4.68. The number of nitrogens with zero attached hydrogens (tertiary/aromatic N) is 3. The molecule has 0 unspecified atom stereocenters. The summed E-state index contributed by atoms with van der Waals surface area (Å²) in [5.74, 6) is 1.79. The Morgan fingerprint density at radius 1 is 1.08 bits per heavy atom. The van der Waals surface area contributed by atoms with Crippen LogP contribution in [0.25, 0.3) is 11.0 Å². The predicted molar refractivity (Wildman–Crippen MR) is 101 cm³/mol. The van der Waals surface area contributed by atoms with E-state index in [1.54, 1.807) is 6.33 Å². The standard InChI is InChI=1S/C21H24N4/c1-14-6-8-16(12-14)25-11-10-18-20(22-13-23-21(18)25)24-19-9-7-15-4-2-3-5-17(15)19/h2-5,10-11,13-14,16,19H,6-9,12H2,1H3,(H,22,23,24)/t14-,16-,19-/m0/s1. The highest BCUT2D eigenvalue weighted by atomic mass is 15.1. The number of hydrogen-bond acceptors (Lipinski definition) is 3. The predicted octanol–water partition coefficient (Wildman–Crippen LogP) is 4.89. The molecule has 0 bridgehead atoms. The Balaban J connectivity index is 1.48. The van der Waals surface area contributed by atoms with Crippen molar-refractivity contribution in [3.63, 3.8) is 0 Å². The molecule has 4 heteroatoms. The van der Waals surface area contributed by atoms with E-state index in [2.05, 4.69) is 63.3 Å². The second-order valence-corrected chi connectivity index (χ2v) is 7.69. The number of nitrogens with one attached hydrogen (secondary N) is 1. The van der Waals surface area contributed by atoms with Crippen molar-refractivity contribution in [2.75, 3.05) is 5.32 Å². The van der Waals surface area contributed by atoms with Crippen LogP contribution in [0.15, 0.2) is 42.9 Å². The van der Waals surface area contributed by atoms with Gasteiger partial charge in [0, 0.05) is 12.2 Å². The molecule has 0 amide bonds. The van der Waals surface area contributed by atoms with Crippen molar-refractivity contribution < 1.29 is 0 Å². The summed E-state index contributed by atoms with van der Waals surface area (Å²) < 4.78 is 2.37. The van der Waals surface area contributed by atoms with Gasteiger partial charge in [0.05, 0.1) is 11.4 Å². The van der Waals surface area contributed by atoms with Crippen LogP contribution in [0.2, 0.25) is 0 Å².